The first-order valence-electron chi connectivity index (χ1n) is 5.14. The van der Waals surface area contributed by atoms with Crippen molar-refractivity contribution >= 4 is 5.82 Å². The molecule has 2 heterocycles. The number of aryl methyl sites for hydroxylation is 1. The molecule has 1 aliphatic heterocycles. The van der Waals surface area contributed by atoms with Gasteiger partial charge in [-0.25, -0.2) is 4.98 Å². The van der Waals surface area contributed by atoms with Crippen LogP contribution in [0.15, 0.2) is 12.1 Å². The number of aromatic nitrogens is 1. The van der Waals surface area contributed by atoms with E-state index in [1.165, 1.54) is 0 Å². The van der Waals surface area contributed by atoms with Crippen molar-refractivity contribution in [1.29, 1.82) is 5.26 Å². The van der Waals surface area contributed by atoms with Gasteiger partial charge in [-0.2, -0.15) is 5.26 Å². The molecular weight excluding hydrogens is 188 g/mol. The molecule has 1 fully saturated rings. The zero-order valence-electron chi connectivity index (χ0n) is 8.82. The average Bonchev–Trinajstić information content (AvgIpc) is 2.30. The summed E-state index contributed by atoms with van der Waals surface area (Å²) in [6.07, 6.45) is 0. The maximum Gasteiger partial charge on any atom is 0.146 e. The van der Waals surface area contributed by atoms with E-state index in [1.807, 2.05) is 19.1 Å². The minimum absolute atomic E-state index is 0.669. The van der Waals surface area contributed by atoms with Gasteiger partial charge in [0.1, 0.15) is 11.9 Å². The molecule has 0 bridgehead atoms. The van der Waals surface area contributed by atoms with Crippen molar-refractivity contribution in [1.82, 2.24) is 10.3 Å². The molecule has 0 unspecified atom stereocenters. The number of nitrogens with zero attached hydrogens (tertiary/aromatic N) is 3. The Kier molecular flexibility index (Phi) is 2.84. The summed E-state index contributed by atoms with van der Waals surface area (Å²) in [5.41, 5.74) is 1.63. The Morgan fingerprint density at radius 1 is 1.40 bits per heavy atom. The molecule has 1 aromatic heterocycles. The SMILES string of the molecule is Cc1ccc(C#N)c(N2CCNCC2)n1. The molecule has 78 valence electrons. The van der Waals surface area contributed by atoms with E-state index in [-0.39, 0.29) is 0 Å². The lowest BCUT2D eigenvalue weighted by molar-refractivity contribution is 0.584. The summed E-state index contributed by atoms with van der Waals surface area (Å²) in [5, 5.41) is 12.3. The van der Waals surface area contributed by atoms with Crippen molar-refractivity contribution in [3.8, 4) is 6.07 Å². The molecule has 1 saturated heterocycles. The first kappa shape index (κ1) is 9.94. The summed E-state index contributed by atoms with van der Waals surface area (Å²) in [6.45, 7) is 5.71. The highest BCUT2D eigenvalue weighted by Gasteiger charge is 2.15. The van der Waals surface area contributed by atoms with Crippen LogP contribution in [0.3, 0.4) is 0 Å². The Labute approximate surface area is 89.5 Å². The highest BCUT2D eigenvalue weighted by molar-refractivity contribution is 5.54. The van der Waals surface area contributed by atoms with Gasteiger partial charge in [0.2, 0.25) is 0 Å². The largest absolute Gasteiger partial charge is 0.353 e. The van der Waals surface area contributed by atoms with Gasteiger partial charge in [-0.1, -0.05) is 0 Å². The molecule has 1 N–H and O–H groups in total. The lowest BCUT2D eigenvalue weighted by atomic mass is 10.2. The number of nitriles is 1. The minimum atomic E-state index is 0.669. The zero-order chi connectivity index (χ0) is 10.7. The van der Waals surface area contributed by atoms with E-state index >= 15 is 0 Å². The minimum Gasteiger partial charge on any atom is -0.353 e. The fourth-order valence-electron chi connectivity index (χ4n) is 1.75. The van der Waals surface area contributed by atoms with E-state index in [0.717, 1.165) is 37.7 Å². The Bertz CT molecular complexity index is 388. The normalized spacial score (nSPS) is 16.1. The number of rotatable bonds is 1. The van der Waals surface area contributed by atoms with Crippen LogP contribution in [0, 0.1) is 18.3 Å². The van der Waals surface area contributed by atoms with Crippen LogP contribution in [0.1, 0.15) is 11.3 Å². The molecule has 0 aliphatic carbocycles. The summed E-state index contributed by atoms with van der Waals surface area (Å²) >= 11 is 0. The van der Waals surface area contributed by atoms with Gasteiger partial charge in [-0.3, -0.25) is 0 Å². The van der Waals surface area contributed by atoms with Crippen LogP contribution >= 0.6 is 0 Å². The van der Waals surface area contributed by atoms with Gasteiger partial charge >= 0.3 is 0 Å². The first-order chi connectivity index (χ1) is 7.31. The van der Waals surface area contributed by atoms with Crippen molar-refractivity contribution in [3.05, 3.63) is 23.4 Å². The van der Waals surface area contributed by atoms with Crippen molar-refractivity contribution < 1.29 is 0 Å². The molecule has 1 aliphatic rings. The van der Waals surface area contributed by atoms with Gasteiger partial charge in [0.25, 0.3) is 0 Å². The molecule has 0 amide bonds. The molecule has 0 radical (unpaired) electrons. The van der Waals surface area contributed by atoms with Crippen molar-refractivity contribution in [2.75, 3.05) is 31.1 Å². The molecular formula is C11H14N4. The lowest BCUT2D eigenvalue weighted by Gasteiger charge is -2.29. The monoisotopic (exact) mass is 202 g/mol. The second-order valence-electron chi connectivity index (χ2n) is 3.67. The van der Waals surface area contributed by atoms with E-state index in [0.29, 0.717) is 5.56 Å². The summed E-state index contributed by atoms with van der Waals surface area (Å²) in [7, 11) is 0. The van der Waals surface area contributed by atoms with Gasteiger partial charge in [-0.05, 0) is 19.1 Å². The summed E-state index contributed by atoms with van der Waals surface area (Å²) in [6, 6.07) is 5.92. The van der Waals surface area contributed by atoms with E-state index in [1.54, 1.807) is 0 Å². The van der Waals surface area contributed by atoms with Gasteiger partial charge in [-0.15, -0.1) is 0 Å². The Morgan fingerprint density at radius 3 is 2.80 bits per heavy atom. The van der Waals surface area contributed by atoms with Gasteiger partial charge in [0, 0.05) is 31.9 Å². The number of piperazine rings is 1. The Hall–Kier alpha value is -1.60. The molecule has 15 heavy (non-hydrogen) atoms. The van der Waals surface area contributed by atoms with E-state index in [9.17, 15) is 0 Å². The number of anilines is 1. The number of hydrogen-bond acceptors (Lipinski definition) is 4. The van der Waals surface area contributed by atoms with Gasteiger partial charge in [0.05, 0.1) is 5.56 Å². The van der Waals surface area contributed by atoms with Crippen LogP contribution in [0.4, 0.5) is 5.82 Å². The maximum absolute atomic E-state index is 9.01. The number of hydrogen-bond donors (Lipinski definition) is 1. The standard InChI is InChI=1S/C11H14N4/c1-9-2-3-10(8-12)11(14-9)15-6-4-13-5-7-15/h2-3,13H,4-7H2,1H3. The molecule has 0 atom stereocenters. The zero-order valence-corrected chi connectivity index (χ0v) is 8.82. The maximum atomic E-state index is 9.01. The average molecular weight is 202 g/mol. The van der Waals surface area contributed by atoms with Gasteiger partial charge in [0.15, 0.2) is 0 Å². The summed E-state index contributed by atoms with van der Waals surface area (Å²) < 4.78 is 0. The second-order valence-corrected chi connectivity index (χ2v) is 3.67. The molecule has 4 nitrogen and oxygen atoms in total. The van der Waals surface area contributed by atoms with E-state index in [4.69, 9.17) is 5.26 Å². The summed E-state index contributed by atoms with van der Waals surface area (Å²) in [5.74, 6) is 0.832. The van der Waals surface area contributed by atoms with Crippen LogP contribution in [-0.4, -0.2) is 31.2 Å². The molecule has 2 rings (SSSR count). The van der Waals surface area contributed by atoms with E-state index in [2.05, 4.69) is 21.3 Å². The van der Waals surface area contributed by atoms with Crippen LogP contribution in [0.2, 0.25) is 0 Å². The van der Waals surface area contributed by atoms with Crippen LogP contribution in [0.5, 0.6) is 0 Å². The topological polar surface area (TPSA) is 52.0 Å². The fourth-order valence-corrected chi connectivity index (χ4v) is 1.75. The highest BCUT2D eigenvalue weighted by Crippen LogP contribution is 2.17. The third-order valence-corrected chi connectivity index (χ3v) is 2.55. The third-order valence-electron chi connectivity index (χ3n) is 2.55. The van der Waals surface area contributed by atoms with Gasteiger partial charge < -0.3 is 10.2 Å². The highest BCUT2D eigenvalue weighted by atomic mass is 15.2. The number of pyridine rings is 1. The van der Waals surface area contributed by atoms with Crippen LogP contribution < -0.4 is 10.2 Å². The predicted octanol–water partition coefficient (Wildman–Crippen LogP) is 0.671. The molecule has 0 saturated carbocycles. The lowest BCUT2D eigenvalue weighted by Crippen LogP contribution is -2.44. The molecule has 0 spiro atoms. The molecule has 1 aromatic rings. The fraction of sp³-hybridized carbons (Fsp3) is 0.455. The quantitative estimate of drug-likeness (QED) is 0.727. The number of nitrogens with one attached hydrogen (secondary N) is 1. The van der Waals surface area contributed by atoms with Crippen LogP contribution in [-0.2, 0) is 0 Å². The third kappa shape index (κ3) is 2.08. The van der Waals surface area contributed by atoms with Crippen LogP contribution in [0.25, 0.3) is 0 Å². The van der Waals surface area contributed by atoms with E-state index < -0.39 is 0 Å². The molecule has 4 heteroatoms. The predicted molar refractivity (Wildman–Crippen MR) is 58.8 cm³/mol. The van der Waals surface area contributed by atoms with Crippen molar-refractivity contribution in [3.63, 3.8) is 0 Å². The Balaban J connectivity index is 2.32. The van der Waals surface area contributed by atoms with Crippen molar-refractivity contribution in [2.45, 2.75) is 6.92 Å². The first-order valence-corrected chi connectivity index (χ1v) is 5.14. The Morgan fingerprint density at radius 2 is 2.13 bits per heavy atom. The van der Waals surface area contributed by atoms with Crippen molar-refractivity contribution in [2.24, 2.45) is 0 Å². The second kappa shape index (κ2) is 4.28. The molecule has 0 aromatic carbocycles. The smallest absolute Gasteiger partial charge is 0.146 e. The summed E-state index contributed by atoms with van der Waals surface area (Å²) in [4.78, 5) is 6.61.